The van der Waals surface area contributed by atoms with Gasteiger partial charge in [0, 0.05) is 31.7 Å². The molecule has 6 heteroatoms. The van der Waals surface area contributed by atoms with Crippen LogP contribution in [0.3, 0.4) is 0 Å². The highest BCUT2D eigenvalue weighted by Crippen LogP contribution is 2.21. The summed E-state index contributed by atoms with van der Waals surface area (Å²) in [6.45, 7) is 6.12. The number of amides is 2. The van der Waals surface area contributed by atoms with Crippen molar-refractivity contribution in [3.63, 3.8) is 0 Å². The molecule has 0 bridgehead atoms. The lowest BCUT2D eigenvalue weighted by molar-refractivity contribution is 0.197. The lowest BCUT2D eigenvalue weighted by Gasteiger charge is -2.18. The minimum Gasteiger partial charge on any atom is -0.396 e. The molecule has 1 aliphatic rings. The first-order valence-corrected chi connectivity index (χ1v) is 8.19. The molecule has 23 heavy (non-hydrogen) atoms. The Morgan fingerprint density at radius 1 is 1.43 bits per heavy atom. The van der Waals surface area contributed by atoms with Crippen LogP contribution >= 0.6 is 0 Å². The van der Waals surface area contributed by atoms with Crippen molar-refractivity contribution in [2.24, 2.45) is 5.92 Å². The number of nitrogens with zero attached hydrogens (tertiary/aromatic N) is 3. The number of hydrogen-bond donors (Lipinski definition) is 2. The molecule has 124 valence electrons. The minimum atomic E-state index is -0.0803. The van der Waals surface area contributed by atoms with Gasteiger partial charge in [0.05, 0.1) is 17.6 Å². The van der Waals surface area contributed by atoms with E-state index < -0.39 is 0 Å². The van der Waals surface area contributed by atoms with Gasteiger partial charge in [0.2, 0.25) is 0 Å². The molecule has 3 rings (SSSR count). The molecule has 1 saturated heterocycles. The van der Waals surface area contributed by atoms with E-state index in [2.05, 4.69) is 34.8 Å². The summed E-state index contributed by atoms with van der Waals surface area (Å²) in [6.07, 6.45) is 0.869. The molecule has 0 saturated carbocycles. The molecule has 1 aromatic heterocycles. The van der Waals surface area contributed by atoms with Gasteiger partial charge >= 0.3 is 6.03 Å². The van der Waals surface area contributed by atoms with Gasteiger partial charge in [0.15, 0.2) is 0 Å². The SMILES string of the molecule is CC(C)n1c(CNC(=O)N2CC[C@H](CO)C2)nc2ccccc21. The lowest BCUT2D eigenvalue weighted by Crippen LogP contribution is -2.38. The van der Waals surface area contributed by atoms with E-state index in [0.717, 1.165) is 23.3 Å². The zero-order chi connectivity index (χ0) is 16.4. The Morgan fingerprint density at radius 3 is 2.91 bits per heavy atom. The van der Waals surface area contributed by atoms with Crippen molar-refractivity contribution < 1.29 is 9.90 Å². The lowest BCUT2D eigenvalue weighted by atomic mass is 10.1. The molecule has 1 aliphatic heterocycles. The van der Waals surface area contributed by atoms with E-state index in [1.165, 1.54) is 0 Å². The Balaban J connectivity index is 1.72. The predicted molar refractivity (Wildman–Crippen MR) is 89.1 cm³/mol. The maximum Gasteiger partial charge on any atom is 0.317 e. The van der Waals surface area contributed by atoms with Crippen molar-refractivity contribution in [1.29, 1.82) is 0 Å². The molecular weight excluding hydrogens is 292 g/mol. The van der Waals surface area contributed by atoms with Crippen molar-refractivity contribution >= 4 is 17.1 Å². The molecule has 1 fully saturated rings. The highest BCUT2D eigenvalue weighted by molar-refractivity contribution is 5.77. The first-order chi connectivity index (χ1) is 11.1. The molecule has 2 aromatic rings. The van der Waals surface area contributed by atoms with Crippen molar-refractivity contribution in [1.82, 2.24) is 19.8 Å². The molecular formula is C17H24N4O2. The van der Waals surface area contributed by atoms with Crippen LogP contribution in [0.2, 0.25) is 0 Å². The van der Waals surface area contributed by atoms with Gasteiger partial charge in [-0.2, -0.15) is 0 Å². The van der Waals surface area contributed by atoms with Crippen molar-refractivity contribution in [3.05, 3.63) is 30.1 Å². The Labute approximate surface area is 136 Å². The highest BCUT2D eigenvalue weighted by Gasteiger charge is 2.25. The molecule has 2 heterocycles. The third kappa shape index (κ3) is 3.17. The number of carbonyl (C=O) groups is 1. The van der Waals surface area contributed by atoms with Crippen LogP contribution in [-0.4, -0.2) is 45.3 Å². The van der Waals surface area contributed by atoms with Crippen LogP contribution in [0, 0.1) is 5.92 Å². The third-order valence-corrected chi connectivity index (χ3v) is 4.41. The Morgan fingerprint density at radius 2 is 2.22 bits per heavy atom. The molecule has 2 amide bonds. The molecule has 6 nitrogen and oxygen atoms in total. The Bertz CT molecular complexity index is 695. The number of hydrogen-bond acceptors (Lipinski definition) is 3. The van der Waals surface area contributed by atoms with Crippen LogP contribution in [-0.2, 0) is 6.54 Å². The van der Waals surface area contributed by atoms with Crippen LogP contribution in [0.25, 0.3) is 11.0 Å². The van der Waals surface area contributed by atoms with Crippen LogP contribution < -0.4 is 5.32 Å². The summed E-state index contributed by atoms with van der Waals surface area (Å²) in [5, 5.41) is 12.1. The number of likely N-dealkylation sites (tertiary alicyclic amines) is 1. The second kappa shape index (κ2) is 6.58. The average molecular weight is 316 g/mol. The van der Waals surface area contributed by atoms with Gasteiger partial charge in [0.25, 0.3) is 0 Å². The van der Waals surface area contributed by atoms with E-state index in [0.29, 0.717) is 19.6 Å². The molecule has 0 unspecified atom stereocenters. The molecule has 1 atom stereocenters. The van der Waals surface area contributed by atoms with Gasteiger partial charge in [-0.1, -0.05) is 12.1 Å². The number of aliphatic hydroxyl groups excluding tert-OH is 1. The summed E-state index contributed by atoms with van der Waals surface area (Å²) in [5.74, 6) is 1.08. The summed E-state index contributed by atoms with van der Waals surface area (Å²) in [7, 11) is 0. The smallest absolute Gasteiger partial charge is 0.317 e. The fraction of sp³-hybridized carbons (Fsp3) is 0.529. The van der Waals surface area contributed by atoms with Crippen molar-refractivity contribution in [2.45, 2.75) is 32.9 Å². The van der Waals surface area contributed by atoms with Gasteiger partial charge in [-0.3, -0.25) is 0 Å². The standard InChI is InChI=1S/C17H24N4O2/c1-12(2)21-15-6-4-3-5-14(15)19-16(21)9-18-17(23)20-8-7-13(10-20)11-22/h3-6,12-13,22H,7-11H2,1-2H3,(H,18,23)/t13-/m0/s1. The fourth-order valence-electron chi connectivity index (χ4n) is 3.23. The average Bonchev–Trinajstić information content (AvgIpc) is 3.16. The van der Waals surface area contributed by atoms with E-state index >= 15 is 0 Å². The molecule has 0 radical (unpaired) electrons. The largest absolute Gasteiger partial charge is 0.396 e. The maximum atomic E-state index is 12.3. The Kier molecular flexibility index (Phi) is 4.52. The number of carbonyl (C=O) groups excluding carboxylic acids is 1. The van der Waals surface area contributed by atoms with Gasteiger partial charge in [-0.15, -0.1) is 0 Å². The topological polar surface area (TPSA) is 70.4 Å². The number of nitrogens with one attached hydrogen (secondary N) is 1. The number of para-hydroxylation sites is 2. The number of fused-ring (bicyclic) bond motifs is 1. The zero-order valence-electron chi connectivity index (χ0n) is 13.7. The summed E-state index contributed by atoms with van der Waals surface area (Å²) in [4.78, 5) is 18.7. The van der Waals surface area contributed by atoms with Crippen LogP contribution in [0.1, 0.15) is 32.1 Å². The third-order valence-electron chi connectivity index (χ3n) is 4.41. The molecule has 2 N–H and O–H groups in total. The zero-order valence-corrected chi connectivity index (χ0v) is 13.7. The second-order valence-electron chi connectivity index (χ2n) is 6.42. The summed E-state index contributed by atoms with van der Waals surface area (Å²) in [6, 6.07) is 8.22. The Hall–Kier alpha value is -2.08. The van der Waals surface area contributed by atoms with E-state index in [1.807, 2.05) is 18.2 Å². The van der Waals surface area contributed by atoms with Crippen molar-refractivity contribution in [2.75, 3.05) is 19.7 Å². The predicted octanol–water partition coefficient (Wildman–Crippen LogP) is 2.14. The number of imidazole rings is 1. The number of benzene rings is 1. The number of aliphatic hydroxyl groups is 1. The van der Waals surface area contributed by atoms with Crippen LogP contribution in [0.15, 0.2) is 24.3 Å². The molecule has 1 aromatic carbocycles. The fourth-order valence-corrected chi connectivity index (χ4v) is 3.23. The van der Waals surface area contributed by atoms with E-state index in [9.17, 15) is 9.90 Å². The number of urea groups is 1. The van der Waals surface area contributed by atoms with E-state index in [1.54, 1.807) is 4.90 Å². The number of aromatic nitrogens is 2. The maximum absolute atomic E-state index is 12.3. The minimum absolute atomic E-state index is 0.0803. The van der Waals surface area contributed by atoms with Gasteiger partial charge < -0.3 is 19.9 Å². The van der Waals surface area contributed by atoms with E-state index in [4.69, 9.17) is 0 Å². The summed E-state index contributed by atoms with van der Waals surface area (Å²) in [5.41, 5.74) is 2.04. The van der Waals surface area contributed by atoms with Gasteiger partial charge in [0.1, 0.15) is 5.82 Å². The van der Waals surface area contributed by atoms with Crippen LogP contribution in [0.5, 0.6) is 0 Å². The van der Waals surface area contributed by atoms with Gasteiger partial charge in [-0.05, 0) is 32.4 Å². The quantitative estimate of drug-likeness (QED) is 0.908. The summed E-state index contributed by atoms with van der Waals surface area (Å²) >= 11 is 0. The normalized spacial score (nSPS) is 18.1. The van der Waals surface area contributed by atoms with Crippen molar-refractivity contribution in [3.8, 4) is 0 Å². The molecule has 0 spiro atoms. The van der Waals surface area contributed by atoms with Gasteiger partial charge in [-0.25, -0.2) is 9.78 Å². The first kappa shape index (κ1) is 15.8. The highest BCUT2D eigenvalue weighted by atomic mass is 16.3. The van der Waals surface area contributed by atoms with E-state index in [-0.39, 0.29) is 24.6 Å². The van der Waals surface area contributed by atoms with Crippen LogP contribution in [0.4, 0.5) is 4.79 Å². The first-order valence-electron chi connectivity index (χ1n) is 8.19. The molecule has 0 aliphatic carbocycles. The summed E-state index contributed by atoms with van der Waals surface area (Å²) < 4.78 is 2.16. The second-order valence-corrected chi connectivity index (χ2v) is 6.42. The number of rotatable bonds is 4. The monoisotopic (exact) mass is 316 g/mol.